The number of hydrogen-bond acceptors (Lipinski definition) is 2. The topological polar surface area (TPSA) is 74.6 Å². The summed E-state index contributed by atoms with van der Waals surface area (Å²) in [5, 5.41) is 10.0. The van der Waals surface area contributed by atoms with Crippen molar-refractivity contribution in [1.29, 1.82) is 0 Å². The quantitative estimate of drug-likeness (QED) is 0.355. The van der Waals surface area contributed by atoms with Crippen LogP contribution in [0.1, 0.15) is 26.2 Å². The Hall–Kier alpha value is -1.13. The molecule has 0 unspecified atom stereocenters. The molecule has 0 spiro atoms. The Kier molecular flexibility index (Phi) is 12.9. The van der Waals surface area contributed by atoms with Crippen LogP contribution in [0.5, 0.6) is 0 Å². The lowest BCUT2D eigenvalue weighted by molar-refractivity contribution is -0.384. The average molecular weight is 248 g/mol. The van der Waals surface area contributed by atoms with Crippen LogP contribution in [0.15, 0.2) is 30.3 Å². The van der Waals surface area contributed by atoms with E-state index in [4.69, 9.17) is 11.6 Å². The third kappa shape index (κ3) is 9.43. The molecule has 0 amide bonds. The summed E-state index contributed by atoms with van der Waals surface area (Å²) in [7, 11) is 0. The molecule has 5 heteroatoms. The summed E-state index contributed by atoms with van der Waals surface area (Å²) in [4.78, 5) is 9.59. The van der Waals surface area contributed by atoms with Gasteiger partial charge >= 0.3 is 0 Å². The number of unbranched alkanes of at least 4 members (excludes halogenated alkanes) is 2. The first-order valence-electron chi connectivity index (χ1n) is 4.97. The van der Waals surface area contributed by atoms with E-state index in [-0.39, 0.29) is 11.2 Å². The molecule has 0 saturated carbocycles. The lowest BCUT2D eigenvalue weighted by atomic mass is 10.3. The molecule has 1 aromatic carbocycles. The Morgan fingerprint density at radius 2 is 1.81 bits per heavy atom. The van der Waals surface area contributed by atoms with Crippen LogP contribution in [-0.4, -0.2) is 16.3 Å². The van der Waals surface area contributed by atoms with Crippen molar-refractivity contribution in [2.45, 2.75) is 26.2 Å². The minimum atomic E-state index is -0.417. The number of nitro benzene ring substituents is 1. The maximum absolute atomic E-state index is 10.0. The molecule has 0 radical (unpaired) electrons. The number of nitrogens with zero attached hydrogens (tertiary/aromatic N) is 1. The number of non-ortho nitro benzene ring substituents is 1. The molecule has 0 aromatic heterocycles. The zero-order chi connectivity index (χ0) is 11.5. The number of alkyl halides is 1. The fourth-order valence-corrected chi connectivity index (χ4v) is 1.08. The van der Waals surface area contributed by atoms with Gasteiger partial charge in [0.15, 0.2) is 0 Å². The van der Waals surface area contributed by atoms with Crippen molar-refractivity contribution < 1.29 is 10.4 Å². The monoisotopic (exact) mass is 247 g/mol. The van der Waals surface area contributed by atoms with Gasteiger partial charge in [-0.25, -0.2) is 0 Å². The predicted molar refractivity (Wildman–Crippen MR) is 67.0 cm³/mol. The zero-order valence-electron chi connectivity index (χ0n) is 9.36. The molecule has 0 aliphatic rings. The van der Waals surface area contributed by atoms with Gasteiger partial charge in [-0.05, 0) is 6.42 Å². The second-order valence-corrected chi connectivity index (χ2v) is 3.37. The molecule has 0 fully saturated rings. The molecule has 0 bridgehead atoms. The highest BCUT2D eigenvalue weighted by Crippen LogP contribution is 2.06. The van der Waals surface area contributed by atoms with Crippen LogP contribution in [0, 0.1) is 10.1 Å². The van der Waals surface area contributed by atoms with Crippen molar-refractivity contribution in [3.63, 3.8) is 0 Å². The number of para-hydroxylation sites is 1. The minimum Gasteiger partial charge on any atom is -0.412 e. The first-order chi connectivity index (χ1) is 7.22. The van der Waals surface area contributed by atoms with Gasteiger partial charge in [-0.3, -0.25) is 10.1 Å². The second-order valence-electron chi connectivity index (χ2n) is 2.99. The predicted octanol–water partition coefficient (Wildman–Crippen LogP) is 3.19. The smallest absolute Gasteiger partial charge is 0.269 e. The summed E-state index contributed by atoms with van der Waals surface area (Å²) in [6, 6.07) is 7.93. The van der Waals surface area contributed by atoms with E-state index in [1.165, 1.54) is 31.4 Å². The van der Waals surface area contributed by atoms with Crippen molar-refractivity contribution in [3.8, 4) is 0 Å². The number of nitro groups is 1. The summed E-state index contributed by atoms with van der Waals surface area (Å²) in [6.07, 6.45) is 3.73. The molecule has 0 saturated heterocycles. The van der Waals surface area contributed by atoms with Crippen LogP contribution in [0.3, 0.4) is 0 Å². The van der Waals surface area contributed by atoms with Crippen LogP contribution in [-0.2, 0) is 0 Å². The third-order valence-electron chi connectivity index (χ3n) is 1.70. The summed E-state index contributed by atoms with van der Waals surface area (Å²) in [6.45, 7) is 2.17. The molecule has 4 nitrogen and oxygen atoms in total. The largest absolute Gasteiger partial charge is 0.412 e. The fourth-order valence-electron chi connectivity index (χ4n) is 0.894. The van der Waals surface area contributed by atoms with Crippen molar-refractivity contribution in [3.05, 3.63) is 40.4 Å². The van der Waals surface area contributed by atoms with Gasteiger partial charge < -0.3 is 5.48 Å². The Morgan fingerprint density at radius 3 is 2.06 bits per heavy atom. The van der Waals surface area contributed by atoms with Crippen LogP contribution in [0.2, 0.25) is 0 Å². The summed E-state index contributed by atoms with van der Waals surface area (Å²) in [5.74, 6) is 0.827. The van der Waals surface area contributed by atoms with Crippen molar-refractivity contribution in [2.24, 2.45) is 0 Å². The van der Waals surface area contributed by atoms with Crippen LogP contribution in [0.4, 0.5) is 5.69 Å². The molecule has 0 aliphatic heterocycles. The molecular weight excluding hydrogens is 230 g/mol. The Morgan fingerprint density at radius 1 is 1.25 bits per heavy atom. The van der Waals surface area contributed by atoms with Crippen molar-refractivity contribution >= 4 is 17.3 Å². The second kappa shape index (κ2) is 11.9. The Labute approximate surface area is 101 Å². The maximum Gasteiger partial charge on any atom is 0.269 e. The van der Waals surface area contributed by atoms with E-state index < -0.39 is 4.92 Å². The van der Waals surface area contributed by atoms with E-state index in [1.807, 2.05) is 0 Å². The molecule has 1 rings (SSSR count). The Bertz CT molecular complexity index is 263. The maximum atomic E-state index is 10.0. The van der Waals surface area contributed by atoms with Gasteiger partial charge in [-0.15, -0.1) is 11.6 Å². The van der Waals surface area contributed by atoms with E-state index in [0.29, 0.717) is 0 Å². The number of rotatable bonds is 4. The van der Waals surface area contributed by atoms with Gasteiger partial charge in [-0.2, -0.15) is 0 Å². The molecular formula is C11H18ClNO3. The molecule has 2 N–H and O–H groups in total. The van der Waals surface area contributed by atoms with E-state index >= 15 is 0 Å². The summed E-state index contributed by atoms with van der Waals surface area (Å²) < 4.78 is 0. The lowest BCUT2D eigenvalue weighted by Crippen LogP contribution is -1.84. The van der Waals surface area contributed by atoms with E-state index in [1.54, 1.807) is 18.2 Å². The SMILES string of the molecule is CCCCCCl.O.O=[N+]([O-])c1ccccc1. The minimum absolute atomic E-state index is 0. The zero-order valence-corrected chi connectivity index (χ0v) is 10.1. The van der Waals surface area contributed by atoms with Gasteiger partial charge in [0.25, 0.3) is 5.69 Å². The normalized spacial score (nSPS) is 8.38. The molecule has 92 valence electrons. The van der Waals surface area contributed by atoms with Crippen LogP contribution in [0.25, 0.3) is 0 Å². The van der Waals surface area contributed by atoms with Crippen molar-refractivity contribution in [1.82, 2.24) is 0 Å². The van der Waals surface area contributed by atoms with E-state index in [0.717, 1.165) is 5.88 Å². The number of hydrogen-bond donors (Lipinski definition) is 0. The number of halogens is 1. The summed E-state index contributed by atoms with van der Waals surface area (Å²) in [5.41, 5.74) is 0.137. The summed E-state index contributed by atoms with van der Waals surface area (Å²) >= 11 is 5.38. The number of benzene rings is 1. The average Bonchev–Trinajstić information content (AvgIpc) is 2.28. The highest BCUT2D eigenvalue weighted by Gasteiger charge is 1.98. The lowest BCUT2D eigenvalue weighted by Gasteiger charge is -1.85. The van der Waals surface area contributed by atoms with Gasteiger partial charge in [0.05, 0.1) is 4.92 Å². The molecule has 0 aliphatic carbocycles. The first-order valence-corrected chi connectivity index (χ1v) is 5.51. The van der Waals surface area contributed by atoms with Gasteiger partial charge in [0.1, 0.15) is 0 Å². The van der Waals surface area contributed by atoms with Crippen LogP contribution >= 0.6 is 11.6 Å². The van der Waals surface area contributed by atoms with Crippen molar-refractivity contribution in [2.75, 3.05) is 5.88 Å². The van der Waals surface area contributed by atoms with Gasteiger partial charge in [0, 0.05) is 18.0 Å². The van der Waals surface area contributed by atoms with Crippen LogP contribution < -0.4 is 0 Å². The molecule has 16 heavy (non-hydrogen) atoms. The third-order valence-corrected chi connectivity index (χ3v) is 1.97. The van der Waals surface area contributed by atoms with Gasteiger partial charge in [0.2, 0.25) is 0 Å². The van der Waals surface area contributed by atoms with E-state index in [2.05, 4.69) is 6.92 Å². The Balaban J connectivity index is 0. The molecule has 0 heterocycles. The highest BCUT2D eigenvalue weighted by molar-refractivity contribution is 6.17. The first kappa shape index (κ1) is 17.3. The molecule has 0 atom stereocenters. The highest BCUT2D eigenvalue weighted by atomic mass is 35.5. The fraction of sp³-hybridized carbons (Fsp3) is 0.455. The van der Waals surface area contributed by atoms with E-state index in [9.17, 15) is 10.1 Å². The van der Waals surface area contributed by atoms with Gasteiger partial charge in [-0.1, -0.05) is 38.0 Å². The standard InChI is InChI=1S/C6H5NO2.C5H11Cl.H2O/c8-7(9)6-4-2-1-3-5-6;1-2-3-4-5-6;/h1-5H;2-5H2,1H3;1H2. The molecule has 1 aromatic rings.